The van der Waals surface area contributed by atoms with Crippen molar-refractivity contribution in [3.05, 3.63) is 76.2 Å². The van der Waals surface area contributed by atoms with Crippen LogP contribution < -0.4 is 15.4 Å². The van der Waals surface area contributed by atoms with Crippen LogP contribution in [0.3, 0.4) is 0 Å². The molecule has 1 aromatic carbocycles. The fraction of sp³-hybridized carbons (Fsp3) is 0.174. The van der Waals surface area contributed by atoms with E-state index in [9.17, 15) is 0 Å². The summed E-state index contributed by atoms with van der Waals surface area (Å²) in [6.45, 7) is 3.64. The van der Waals surface area contributed by atoms with Gasteiger partial charge in [0.1, 0.15) is 5.42 Å². The third-order valence-electron chi connectivity index (χ3n) is 5.41. The molecule has 0 saturated heterocycles. The van der Waals surface area contributed by atoms with Crippen molar-refractivity contribution in [3.63, 3.8) is 0 Å². The zero-order chi connectivity index (χ0) is 21.9. The Bertz CT molecular complexity index is 1420. The first kappa shape index (κ1) is 13.9. The van der Waals surface area contributed by atoms with E-state index in [1.165, 1.54) is 0 Å². The summed E-state index contributed by atoms with van der Waals surface area (Å²) in [6, 6.07) is 13.6. The van der Waals surface area contributed by atoms with Gasteiger partial charge in [-0.05, 0) is 56.5 Å². The molecule has 0 radical (unpaired) electrons. The van der Waals surface area contributed by atoms with Gasteiger partial charge < -0.3 is 13.8 Å². The Morgan fingerprint density at radius 2 is 1.93 bits per heavy atom. The van der Waals surface area contributed by atoms with Crippen molar-refractivity contribution in [3.8, 4) is 5.69 Å². The van der Waals surface area contributed by atoms with Gasteiger partial charge in [0.2, 0.25) is 5.71 Å². The van der Waals surface area contributed by atoms with E-state index >= 15 is 0 Å². The molecule has 4 aromatic rings. The van der Waals surface area contributed by atoms with Crippen molar-refractivity contribution >= 4 is 35.8 Å². The van der Waals surface area contributed by atoms with E-state index in [-0.39, 0.29) is 6.85 Å². The van der Waals surface area contributed by atoms with E-state index in [1.807, 2.05) is 68.7 Å². The minimum absolute atomic E-state index is 0.0102. The number of pyridine rings is 1. The number of hydrogen-bond donors (Lipinski definition) is 0. The third-order valence-corrected chi connectivity index (χ3v) is 5.41. The highest BCUT2D eigenvalue weighted by Gasteiger charge is 2.24. The van der Waals surface area contributed by atoms with E-state index in [2.05, 4.69) is 22.6 Å². The second kappa shape index (κ2) is 6.16. The zero-order valence-electron chi connectivity index (χ0n) is 19.1. The van der Waals surface area contributed by atoms with Crippen molar-refractivity contribution < 1.29 is 8.53 Å². The highest BCUT2D eigenvalue weighted by Crippen LogP contribution is 2.29. The molecule has 4 heterocycles. The molecule has 0 bridgehead atoms. The maximum atomic E-state index is 8.15. The molecule has 4 nitrogen and oxygen atoms in total. The molecule has 1 aliphatic heterocycles. The monoisotopic (exact) mass is 370 g/mol. The van der Waals surface area contributed by atoms with Crippen LogP contribution in [0.5, 0.6) is 0 Å². The Labute approximate surface area is 168 Å². The molecule has 28 heavy (non-hydrogen) atoms. The smallest absolute Gasteiger partial charge is 0.286 e. The fourth-order valence-electron chi connectivity index (χ4n) is 3.85. The van der Waals surface area contributed by atoms with Gasteiger partial charge in [0, 0.05) is 44.2 Å². The molecule has 0 amide bonds. The Kier molecular flexibility index (Phi) is 3.06. The molecule has 3 aromatic heterocycles. The predicted molar refractivity (Wildman–Crippen MR) is 116 cm³/mol. The number of furan rings is 1. The maximum absolute atomic E-state index is 8.15. The number of benzene rings is 1. The Morgan fingerprint density at radius 3 is 2.71 bits per heavy atom. The second-order valence-corrected chi connectivity index (χ2v) is 7.32. The quantitative estimate of drug-likeness (QED) is 0.504. The molecule has 0 N–H and O–H groups in total. The summed E-state index contributed by atoms with van der Waals surface area (Å²) >= 11 is 0. The van der Waals surface area contributed by atoms with Crippen molar-refractivity contribution in [2.24, 2.45) is 0 Å². The molecule has 0 unspecified atom stereocenters. The minimum Gasteiger partial charge on any atom is -0.439 e. The third kappa shape index (κ3) is 2.50. The molecule has 0 aliphatic carbocycles. The normalized spacial score (nSPS) is 15.5. The first-order valence-electron chi connectivity index (χ1n) is 10.9. The summed E-state index contributed by atoms with van der Waals surface area (Å²) in [5.74, 6) is 2.06. The molecule has 1 aliphatic rings. The van der Waals surface area contributed by atoms with Crippen LogP contribution in [0, 0.1) is 20.7 Å². The first-order valence-corrected chi connectivity index (χ1v) is 9.40. The van der Waals surface area contributed by atoms with E-state index in [0.717, 1.165) is 38.7 Å². The SMILES string of the molecule is [2H]C([2H])([2H])c1c(C)c(N2C=c3c(oc4nc(C)ccc34)=CB2C)cn1-c1ccccc1. The fourth-order valence-corrected chi connectivity index (χ4v) is 3.85. The van der Waals surface area contributed by atoms with Crippen LogP contribution in [-0.4, -0.2) is 16.4 Å². The van der Waals surface area contributed by atoms with Crippen LogP contribution in [0.25, 0.3) is 29.0 Å². The van der Waals surface area contributed by atoms with Crippen LogP contribution >= 0.6 is 0 Å². The van der Waals surface area contributed by atoms with Crippen LogP contribution in [0.15, 0.2) is 53.1 Å². The zero-order valence-corrected chi connectivity index (χ0v) is 16.1. The lowest BCUT2D eigenvalue weighted by Crippen LogP contribution is -2.41. The predicted octanol–water partition coefficient (Wildman–Crippen LogP) is 3.74. The summed E-state index contributed by atoms with van der Waals surface area (Å²) in [5.41, 5.74) is 5.08. The average molecular weight is 370 g/mol. The molecular weight excluding hydrogens is 345 g/mol. The average Bonchev–Trinajstić information content (AvgIpc) is 3.24. The lowest BCUT2D eigenvalue weighted by Gasteiger charge is -2.25. The Hall–Kier alpha value is -3.21. The lowest BCUT2D eigenvalue weighted by molar-refractivity contribution is 0.564. The standard InChI is InChI=1S/C23H22BN3O/c1-15-10-11-19-20-13-27(24(4)12-22(20)28-23(19)25-15)21-14-26(17(3)16(21)2)18-8-6-5-7-9-18/h5-14H,1-4H3/i3D3. The van der Waals surface area contributed by atoms with Gasteiger partial charge in [-0.1, -0.05) is 25.0 Å². The number of fused-ring (bicyclic) bond motifs is 3. The van der Waals surface area contributed by atoms with Gasteiger partial charge in [-0.3, -0.25) is 0 Å². The summed E-state index contributed by atoms with van der Waals surface area (Å²) < 4.78 is 32.2. The molecule has 0 fully saturated rings. The van der Waals surface area contributed by atoms with Crippen LogP contribution in [0.4, 0.5) is 5.69 Å². The Balaban J connectivity index is 1.73. The molecule has 138 valence electrons. The first-order chi connectivity index (χ1) is 14.7. The molecular formula is C23H22BN3O. The molecule has 0 saturated carbocycles. The van der Waals surface area contributed by atoms with Crippen molar-refractivity contribution in [2.75, 3.05) is 4.81 Å². The van der Waals surface area contributed by atoms with Crippen LogP contribution in [0.1, 0.15) is 21.1 Å². The van der Waals surface area contributed by atoms with Gasteiger partial charge in [-0.2, -0.15) is 0 Å². The molecule has 5 rings (SSSR count). The summed E-state index contributed by atoms with van der Waals surface area (Å²) in [7, 11) is 0. The summed E-state index contributed by atoms with van der Waals surface area (Å²) in [6.07, 6.45) is 3.96. The highest BCUT2D eigenvalue weighted by molar-refractivity contribution is 6.77. The van der Waals surface area contributed by atoms with Gasteiger partial charge in [-0.15, -0.1) is 0 Å². The largest absolute Gasteiger partial charge is 0.439 e. The van der Waals surface area contributed by atoms with E-state index in [0.29, 0.717) is 11.4 Å². The topological polar surface area (TPSA) is 34.2 Å². The van der Waals surface area contributed by atoms with Crippen LogP contribution in [-0.2, 0) is 0 Å². The van der Waals surface area contributed by atoms with Gasteiger partial charge in [0.15, 0.2) is 0 Å². The van der Waals surface area contributed by atoms with E-state index in [1.54, 1.807) is 4.57 Å². The maximum Gasteiger partial charge on any atom is 0.286 e. The summed E-state index contributed by atoms with van der Waals surface area (Å²) in [5, 5.41) is 1.91. The van der Waals surface area contributed by atoms with E-state index in [4.69, 9.17) is 8.53 Å². The van der Waals surface area contributed by atoms with Gasteiger partial charge in [0.25, 0.3) is 6.85 Å². The molecule has 0 atom stereocenters. The number of para-hydroxylation sites is 1. The number of anilines is 1. The van der Waals surface area contributed by atoms with Crippen molar-refractivity contribution in [1.82, 2.24) is 9.55 Å². The molecule has 5 heteroatoms. The van der Waals surface area contributed by atoms with Crippen molar-refractivity contribution in [2.45, 2.75) is 27.5 Å². The van der Waals surface area contributed by atoms with Crippen molar-refractivity contribution in [1.29, 1.82) is 0 Å². The molecule has 0 spiro atoms. The second-order valence-electron chi connectivity index (χ2n) is 7.32. The number of rotatable bonds is 2. The van der Waals surface area contributed by atoms with E-state index < -0.39 is 6.85 Å². The number of aryl methyl sites for hydroxylation is 1. The number of nitrogens with zero attached hydrogens (tertiary/aromatic N) is 3. The lowest BCUT2D eigenvalue weighted by atomic mass is 9.61. The minimum atomic E-state index is -2.24. The summed E-state index contributed by atoms with van der Waals surface area (Å²) in [4.78, 5) is 6.62. The highest BCUT2D eigenvalue weighted by atomic mass is 16.3. The van der Waals surface area contributed by atoms with Crippen LogP contribution in [0.2, 0.25) is 6.82 Å². The van der Waals surface area contributed by atoms with Gasteiger partial charge in [0.05, 0.1) is 5.69 Å². The Morgan fingerprint density at radius 1 is 1.11 bits per heavy atom. The number of hydrogen-bond acceptors (Lipinski definition) is 3. The number of aromatic nitrogens is 2. The van der Waals surface area contributed by atoms with Gasteiger partial charge in [-0.25, -0.2) is 4.98 Å². The van der Waals surface area contributed by atoms with Gasteiger partial charge >= 0.3 is 0 Å².